The first-order valence-corrected chi connectivity index (χ1v) is 0.901. The van der Waals surface area contributed by atoms with Gasteiger partial charge in [-0.15, -0.1) is 0 Å². The Morgan fingerprint density at radius 1 is 2.00 bits per heavy atom. The van der Waals surface area contributed by atoms with E-state index in [1.165, 1.54) is 7.11 Å². The lowest BCUT2D eigenvalue weighted by Crippen LogP contribution is -1.96. The van der Waals surface area contributed by atoms with Crippen molar-refractivity contribution in [3.63, 3.8) is 0 Å². The maximum Gasteiger partial charge on any atom is 0.0707 e. The molecule has 4 heavy (non-hydrogen) atoms. The Bertz CT molecular complexity index is 8.00. The van der Waals surface area contributed by atoms with Crippen LogP contribution in [0.25, 0.3) is 0 Å². The molecular weight excluding hydrogens is 54.0 g/mol. The zero-order valence-corrected chi connectivity index (χ0v) is 2.49. The van der Waals surface area contributed by atoms with E-state index in [0.29, 0.717) is 0 Å². The van der Waals surface area contributed by atoms with Gasteiger partial charge < -0.3 is 4.84 Å². The minimum atomic E-state index is 1.44. The molecule has 0 spiro atoms. The lowest BCUT2D eigenvalue weighted by Gasteiger charge is -1.79. The summed E-state index contributed by atoms with van der Waals surface area (Å²) in [7, 11) is 6.00. The molecule has 0 aromatic heterocycles. The summed E-state index contributed by atoms with van der Waals surface area (Å²) < 4.78 is 0. The van der Waals surface area contributed by atoms with Crippen molar-refractivity contribution >= 4 is 0 Å². The fourth-order valence-corrected chi connectivity index (χ4v) is 0. The lowest BCUT2D eigenvalue weighted by atomic mass is 11.5. The Labute approximate surface area is 25.7 Å². The van der Waals surface area contributed by atoms with Gasteiger partial charge in [0.05, 0.1) is 14.2 Å². The largest absolute Gasteiger partial charge is 0.305 e. The second kappa shape index (κ2) is 2.92. The van der Waals surface area contributed by atoms with Crippen LogP contribution < -0.4 is 5.48 Å². The van der Waals surface area contributed by atoms with Gasteiger partial charge in [-0.05, 0) is 0 Å². The normalized spacial score (nSPS) is 7.50. The van der Waals surface area contributed by atoms with Gasteiger partial charge in [0.1, 0.15) is 0 Å². The molecule has 0 amide bonds. The molecule has 0 fully saturated rings. The summed E-state index contributed by atoms with van der Waals surface area (Å²) in [5.41, 5.74) is 1.93. The minimum Gasteiger partial charge on any atom is -0.305 e. The van der Waals surface area contributed by atoms with Crippen LogP contribution in [-0.2, 0) is 4.84 Å². The van der Waals surface area contributed by atoms with Crippen LogP contribution in [0.3, 0.4) is 0 Å². The van der Waals surface area contributed by atoms with E-state index in [0.717, 1.165) is 0 Å². The van der Waals surface area contributed by atoms with Crippen LogP contribution in [0, 0.1) is 7.05 Å². The van der Waals surface area contributed by atoms with Crippen LogP contribution in [0.15, 0.2) is 0 Å². The summed E-state index contributed by atoms with van der Waals surface area (Å²) in [6.07, 6.45) is 0. The Kier molecular flexibility index (Phi) is 2.86. The summed E-state index contributed by atoms with van der Waals surface area (Å²) in [4.78, 5) is 4.07. The SMILES string of the molecule is [CH]NOC. The van der Waals surface area contributed by atoms with E-state index >= 15 is 0 Å². The molecule has 0 aliphatic rings. The molecule has 0 aromatic rings. The van der Waals surface area contributed by atoms with Crippen LogP contribution in [0.2, 0.25) is 0 Å². The number of hydrogen-bond donors (Lipinski definition) is 1. The molecule has 0 heterocycles. The average Bonchev–Trinajstić information content (AvgIpc) is 1.37. The maximum atomic E-state index is 4.56. The van der Waals surface area contributed by atoms with E-state index in [1.54, 1.807) is 0 Å². The zero-order chi connectivity index (χ0) is 3.41. The van der Waals surface area contributed by atoms with Gasteiger partial charge >= 0.3 is 0 Å². The Morgan fingerprint density at radius 3 is 2.25 bits per heavy atom. The predicted molar refractivity (Wildman–Crippen MR) is 14.4 cm³/mol. The summed E-state index contributed by atoms with van der Waals surface area (Å²) in [6.45, 7) is 0. The molecule has 24 valence electrons. The Hall–Kier alpha value is -0.0800. The highest BCUT2D eigenvalue weighted by Crippen LogP contribution is 1.36. The van der Waals surface area contributed by atoms with Gasteiger partial charge in [-0.1, -0.05) is 0 Å². The summed E-state index contributed by atoms with van der Waals surface area (Å²) in [5.74, 6) is 0. The van der Waals surface area contributed by atoms with E-state index < -0.39 is 0 Å². The van der Waals surface area contributed by atoms with Crippen molar-refractivity contribution in [1.29, 1.82) is 0 Å². The van der Waals surface area contributed by atoms with Crippen LogP contribution in [0.5, 0.6) is 0 Å². The molecular formula is C2H5NO. The molecule has 1 N–H and O–H groups in total. The molecule has 0 aliphatic carbocycles. The first-order chi connectivity index (χ1) is 1.91. The second-order valence-electron chi connectivity index (χ2n) is 0.322. The van der Waals surface area contributed by atoms with Crippen molar-refractivity contribution in [2.45, 2.75) is 0 Å². The van der Waals surface area contributed by atoms with Crippen LogP contribution >= 0.6 is 0 Å². The molecule has 0 rings (SSSR count). The fraction of sp³-hybridized carbons (Fsp3) is 0.500. The highest BCUT2D eigenvalue weighted by atomic mass is 16.6. The van der Waals surface area contributed by atoms with Crippen molar-refractivity contribution in [1.82, 2.24) is 5.48 Å². The first kappa shape index (κ1) is 3.92. The van der Waals surface area contributed by atoms with Crippen LogP contribution in [0.4, 0.5) is 0 Å². The Morgan fingerprint density at radius 2 is 2.25 bits per heavy atom. The van der Waals surface area contributed by atoms with E-state index in [9.17, 15) is 0 Å². The van der Waals surface area contributed by atoms with Gasteiger partial charge in [0.25, 0.3) is 0 Å². The number of hydroxylamine groups is 1. The molecule has 0 aromatic carbocycles. The second-order valence-corrected chi connectivity index (χ2v) is 0.322. The van der Waals surface area contributed by atoms with Crippen LogP contribution in [0.1, 0.15) is 0 Å². The van der Waals surface area contributed by atoms with Gasteiger partial charge in [-0.3, -0.25) is 0 Å². The summed E-state index contributed by atoms with van der Waals surface area (Å²) in [6, 6.07) is 0. The molecule has 0 saturated carbocycles. The van der Waals surface area contributed by atoms with Crippen molar-refractivity contribution in [3.8, 4) is 0 Å². The number of hydrogen-bond acceptors (Lipinski definition) is 2. The highest BCUT2D eigenvalue weighted by Gasteiger charge is 1.47. The van der Waals surface area contributed by atoms with E-state index in [-0.39, 0.29) is 0 Å². The fourth-order valence-electron chi connectivity index (χ4n) is 0. The van der Waals surface area contributed by atoms with Crippen molar-refractivity contribution in [2.75, 3.05) is 7.11 Å². The molecule has 0 saturated heterocycles. The summed E-state index contributed by atoms with van der Waals surface area (Å²) >= 11 is 0. The number of rotatable bonds is 1. The third-order valence-electron chi connectivity index (χ3n) is 0.118. The van der Waals surface area contributed by atoms with Gasteiger partial charge in [0, 0.05) is 0 Å². The van der Waals surface area contributed by atoms with E-state index in [1.807, 2.05) is 5.48 Å². The zero-order valence-electron chi connectivity index (χ0n) is 2.49. The molecule has 2 radical (unpaired) electrons. The van der Waals surface area contributed by atoms with Gasteiger partial charge in [0.2, 0.25) is 0 Å². The topological polar surface area (TPSA) is 21.3 Å². The first-order valence-electron chi connectivity index (χ1n) is 0.901. The molecule has 0 unspecified atom stereocenters. The lowest BCUT2D eigenvalue weighted by molar-refractivity contribution is 0.126. The van der Waals surface area contributed by atoms with E-state index in [4.69, 9.17) is 0 Å². The van der Waals surface area contributed by atoms with Crippen molar-refractivity contribution in [3.05, 3.63) is 7.05 Å². The third kappa shape index (κ3) is 1.92. The van der Waals surface area contributed by atoms with Gasteiger partial charge in [-0.2, -0.15) is 5.48 Å². The monoisotopic (exact) mass is 59.0 g/mol. The van der Waals surface area contributed by atoms with Crippen molar-refractivity contribution in [2.24, 2.45) is 0 Å². The number of nitrogens with one attached hydrogen (secondary N) is 1. The molecule has 2 nitrogen and oxygen atoms in total. The van der Waals surface area contributed by atoms with Crippen LogP contribution in [-0.4, -0.2) is 7.11 Å². The smallest absolute Gasteiger partial charge is 0.0707 e. The molecule has 2 heteroatoms. The molecule has 0 atom stereocenters. The third-order valence-corrected chi connectivity index (χ3v) is 0.118. The minimum absolute atomic E-state index is 1.44. The Balaban J connectivity index is 1.97. The average molecular weight is 59.1 g/mol. The summed E-state index contributed by atoms with van der Waals surface area (Å²) in [5, 5.41) is 0. The molecule has 0 bridgehead atoms. The van der Waals surface area contributed by atoms with Gasteiger partial charge in [0.15, 0.2) is 0 Å². The quantitative estimate of drug-likeness (QED) is 0.334. The van der Waals surface area contributed by atoms with E-state index in [2.05, 4.69) is 11.9 Å². The standard InChI is InChI=1S/C2H5NO/c1-3-4-2/h1,3H,2H3. The molecule has 0 aliphatic heterocycles. The predicted octanol–water partition coefficient (Wildman–Crippen LogP) is -0.194. The highest BCUT2D eigenvalue weighted by molar-refractivity contribution is 3.99. The maximum absolute atomic E-state index is 4.56. The van der Waals surface area contributed by atoms with Gasteiger partial charge in [-0.25, -0.2) is 0 Å². The van der Waals surface area contributed by atoms with Crippen molar-refractivity contribution < 1.29 is 4.84 Å².